The first-order valence-corrected chi connectivity index (χ1v) is 6.88. The van der Waals surface area contributed by atoms with Crippen molar-refractivity contribution in [1.29, 1.82) is 0 Å². The predicted molar refractivity (Wildman–Crippen MR) is 80.3 cm³/mol. The van der Waals surface area contributed by atoms with Crippen LogP contribution in [0.2, 0.25) is 0 Å². The summed E-state index contributed by atoms with van der Waals surface area (Å²) in [5.74, 6) is 1.39. The lowest BCUT2D eigenvalue weighted by atomic mass is 10.0. The SMILES string of the molecule is CCCNc1ccc(-c2ccc(C(C)C)cc2)nn1. The minimum absolute atomic E-state index is 0.556. The van der Waals surface area contributed by atoms with Crippen molar-refractivity contribution in [3.05, 3.63) is 42.0 Å². The summed E-state index contributed by atoms with van der Waals surface area (Å²) in [5, 5.41) is 11.7. The first-order valence-electron chi connectivity index (χ1n) is 6.88. The summed E-state index contributed by atoms with van der Waals surface area (Å²) in [7, 11) is 0. The molecule has 0 radical (unpaired) electrons. The Morgan fingerprint density at radius 1 is 1.00 bits per heavy atom. The Hall–Kier alpha value is -1.90. The van der Waals surface area contributed by atoms with E-state index in [0.717, 1.165) is 30.0 Å². The van der Waals surface area contributed by atoms with Crippen molar-refractivity contribution < 1.29 is 0 Å². The van der Waals surface area contributed by atoms with Gasteiger partial charge in [-0.3, -0.25) is 0 Å². The fourth-order valence-corrected chi connectivity index (χ4v) is 1.87. The standard InChI is InChI=1S/C16H21N3/c1-4-11-17-16-10-9-15(18-19-16)14-7-5-13(6-8-14)12(2)3/h5-10,12H,4,11H2,1-3H3,(H,17,19). The third-order valence-electron chi connectivity index (χ3n) is 3.09. The molecule has 19 heavy (non-hydrogen) atoms. The number of aromatic nitrogens is 2. The van der Waals surface area contributed by atoms with Crippen LogP contribution >= 0.6 is 0 Å². The van der Waals surface area contributed by atoms with E-state index in [-0.39, 0.29) is 0 Å². The summed E-state index contributed by atoms with van der Waals surface area (Å²) in [4.78, 5) is 0. The number of nitrogens with zero attached hydrogens (tertiary/aromatic N) is 2. The summed E-state index contributed by atoms with van der Waals surface area (Å²) in [6.07, 6.45) is 1.08. The molecule has 0 aliphatic heterocycles. The maximum Gasteiger partial charge on any atom is 0.148 e. The van der Waals surface area contributed by atoms with Gasteiger partial charge in [-0.1, -0.05) is 45.0 Å². The smallest absolute Gasteiger partial charge is 0.148 e. The molecule has 0 aliphatic rings. The number of nitrogens with one attached hydrogen (secondary N) is 1. The van der Waals surface area contributed by atoms with Gasteiger partial charge in [-0.15, -0.1) is 10.2 Å². The molecule has 0 bridgehead atoms. The fraction of sp³-hybridized carbons (Fsp3) is 0.375. The largest absolute Gasteiger partial charge is 0.369 e. The Morgan fingerprint density at radius 2 is 1.74 bits per heavy atom. The highest BCUT2D eigenvalue weighted by atomic mass is 15.2. The summed E-state index contributed by atoms with van der Waals surface area (Å²) in [6, 6.07) is 12.5. The lowest BCUT2D eigenvalue weighted by molar-refractivity contribution is 0.867. The molecule has 100 valence electrons. The first kappa shape index (κ1) is 13.5. The van der Waals surface area contributed by atoms with E-state index in [1.807, 2.05) is 12.1 Å². The van der Waals surface area contributed by atoms with Crippen molar-refractivity contribution in [2.75, 3.05) is 11.9 Å². The zero-order valence-corrected chi connectivity index (χ0v) is 11.9. The van der Waals surface area contributed by atoms with Crippen LogP contribution in [0.3, 0.4) is 0 Å². The van der Waals surface area contributed by atoms with E-state index >= 15 is 0 Å². The van der Waals surface area contributed by atoms with E-state index in [9.17, 15) is 0 Å². The average molecular weight is 255 g/mol. The molecule has 0 saturated carbocycles. The third kappa shape index (κ3) is 3.53. The van der Waals surface area contributed by atoms with Crippen LogP contribution in [0.4, 0.5) is 5.82 Å². The first-order chi connectivity index (χ1) is 9.20. The molecular weight excluding hydrogens is 234 g/mol. The second-order valence-corrected chi connectivity index (χ2v) is 5.01. The zero-order chi connectivity index (χ0) is 13.7. The van der Waals surface area contributed by atoms with E-state index in [2.05, 4.69) is 60.6 Å². The van der Waals surface area contributed by atoms with Crippen LogP contribution in [0.1, 0.15) is 38.7 Å². The van der Waals surface area contributed by atoms with Crippen molar-refractivity contribution >= 4 is 5.82 Å². The second kappa shape index (κ2) is 6.32. The van der Waals surface area contributed by atoms with E-state index in [1.165, 1.54) is 5.56 Å². The Kier molecular flexibility index (Phi) is 4.50. The topological polar surface area (TPSA) is 37.8 Å². The Balaban J connectivity index is 2.13. The van der Waals surface area contributed by atoms with Gasteiger partial charge in [-0.05, 0) is 30.0 Å². The molecule has 1 N–H and O–H groups in total. The van der Waals surface area contributed by atoms with Gasteiger partial charge in [0.15, 0.2) is 0 Å². The number of benzene rings is 1. The van der Waals surface area contributed by atoms with E-state index in [4.69, 9.17) is 0 Å². The fourth-order valence-electron chi connectivity index (χ4n) is 1.87. The number of rotatable bonds is 5. The van der Waals surface area contributed by atoms with Crippen LogP contribution in [0.25, 0.3) is 11.3 Å². The minimum atomic E-state index is 0.556. The normalized spacial score (nSPS) is 10.7. The van der Waals surface area contributed by atoms with Gasteiger partial charge < -0.3 is 5.32 Å². The second-order valence-electron chi connectivity index (χ2n) is 5.01. The monoisotopic (exact) mass is 255 g/mol. The maximum atomic E-state index is 4.26. The van der Waals surface area contributed by atoms with E-state index in [1.54, 1.807) is 0 Å². The van der Waals surface area contributed by atoms with E-state index in [0.29, 0.717) is 5.92 Å². The number of hydrogen-bond acceptors (Lipinski definition) is 3. The van der Waals surface area contributed by atoms with Gasteiger partial charge in [-0.25, -0.2) is 0 Å². The highest BCUT2D eigenvalue weighted by Gasteiger charge is 2.03. The van der Waals surface area contributed by atoms with Crippen LogP contribution in [0, 0.1) is 0 Å². The molecule has 0 fully saturated rings. The lowest BCUT2D eigenvalue weighted by Crippen LogP contribution is -2.02. The summed E-state index contributed by atoms with van der Waals surface area (Å²) < 4.78 is 0. The molecule has 1 heterocycles. The Bertz CT molecular complexity index is 501. The van der Waals surface area contributed by atoms with Gasteiger partial charge >= 0.3 is 0 Å². The van der Waals surface area contributed by atoms with Crippen molar-refractivity contribution in [3.63, 3.8) is 0 Å². The molecule has 2 rings (SSSR count). The number of hydrogen-bond donors (Lipinski definition) is 1. The van der Waals surface area contributed by atoms with Gasteiger partial charge in [0.2, 0.25) is 0 Å². The maximum absolute atomic E-state index is 4.26. The van der Waals surface area contributed by atoms with Crippen LogP contribution < -0.4 is 5.32 Å². The van der Waals surface area contributed by atoms with Gasteiger partial charge in [-0.2, -0.15) is 0 Å². The summed E-state index contributed by atoms with van der Waals surface area (Å²) in [6.45, 7) is 7.45. The zero-order valence-electron chi connectivity index (χ0n) is 11.9. The van der Waals surface area contributed by atoms with E-state index < -0.39 is 0 Å². The summed E-state index contributed by atoms with van der Waals surface area (Å²) in [5.41, 5.74) is 3.37. The van der Waals surface area contributed by atoms with Crippen molar-refractivity contribution in [2.45, 2.75) is 33.1 Å². The van der Waals surface area contributed by atoms with Gasteiger partial charge in [0, 0.05) is 12.1 Å². The molecule has 0 saturated heterocycles. The molecule has 2 aromatic rings. The Morgan fingerprint density at radius 3 is 2.26 bits per heavy atom. The van der Waals surface area contributed by atoms with Crippen LogP contribution in [0.5, 0.6) is 0 Å². The summed E-state index contributed by atoms with van der Waals surface area (Å²) >= 11 is 0. The molecular formula is C16H21N3. The molecule has 0 atom stereocenters. The lowest BCUT2D eigenvalue weighted by Gasteiger charge is -2.07. The van der Waals surface area contributed by atoms with Crippen molar-refractivity contribution in [2.24, 2.45) is 0 Å². The minimum Gasteiger partial charge on any atom is -0.369 e. The van der Waals surface area contributed by atoms with Gasteiger partial charge in [0.1, 0.15) is 5.82 Å². The molecule has 1 aromatic carbocycles. The molecule has 0 amide bonds. The molecule has 0 unspecified atom stereocenters. The van der Waals surface area contributed by atoms with Crippen molar-refractivity contribution in [3.8, 4) is 11.3 Å². The average Bonchev–Trinajstić information content (AvgIpc) is 2.46. The van der Waals surface area contributed by atoms with Crippen molar-refractivity contribution in [1.82, 2.24) is 10.2 Å². The van der Waals surface area contributed by atoms with Crippen LogP contribution in [-0.2, 0) is 0 Å². The highest BCUT2D eigenvalue weighted by molar-refractivity contribution is 5.60. The molecule has 0 spiro atoms. The highest BCUT2D eigenvalue weighted by Crippen LogP contribution is 2.21. The Labute approximate surface area is 115 Å². The van der Waals surface area contributed by atoms with Gasteiger partial charge in [0.25, 0.3) is 0 Å². The van der Waals surface area contributed by atoms with Crippen LogP contribution in [0.15, 0.2) is 36.4 Å². The number of anilines is 1. The molecule has 3 heteroatoms. The van der Waals surface area contributed by atoms with Gasteiger partial charge in [0.05, 0.1) is 5.69 Å². The van der Waals surface area contributed by atoms with Crippen LogP contribution in [-0.4, -0.2) is 16.7 Å². The molecule has 3 nitrogen and oxygen atoms in total. The molecule has 1 aromatic heterocycles. The predicted octanol–water partition coefficient (Wildman–Crippen LogP) is 4.09. The third-order valence-corrected chi connectivity index (χ3v) is 3.09. The quantitative estimate of drug-likeness (QED) is 0.874. The molecule has 0 aliphatic carbocycles.